The van der Waals surface area contributed by atoms with Gasteiger partial charge in [-0.2, -0.15) is 0 Å². The number of halogens is 1. The summed E-state index contributed by atoms with van der Waals surface area (Å²) in [5, 5.41) is 16.2. The lowest BCUT2D eigenvalue weighted by Gasteiger charge is -2.25. The van der Waals surface area contributed by atoms with Crippen LogP contribution in [0.25, 0.3) is 10.8 Å². The lowest BCUT2D eigenvalue weighted by Crippen LogP contribution is -2.41. The maximum Gasteiger partial charge on any atom is 0.335 e. The summed E-state index contributed by atoms with van der Waals surface area (Å²) < 4.78 is 43.1. The highest BCUT2D eigenvalue weighted by molar-refractivity contribution is 9.10. The zero-order valence-corrected chi connectivity index (χ0v) is 32.7. The van der Waals surface area contributed by atoms with Crippen molar-refractivity contribution in [3.63, 3.8) is 0 Å². The lowest BCUT2D eigenvalue weighted by molar-refractivity contribution is -0.131. The SMILES string of the molecule is COc1cc(CC(=O)N2CC(NS(=O)(=O)c3cccc4c(N(C)C)cccc34)C[C@H]2COc2ccc(C(=O)O)cc2)ccc1NC(=O)Nc1ccccc1Br. The molecule has 0 saturated carbocycles. The first-order valence-corrected chi connectivity index (χ1v) is 19.6. The van der Waals surface area contributed by atoms with E-state index in [4.69, 9.17) is 9.47 Å². The molecule has 13 nitrogen and oxygen atoms in total. The number of amides is 3. The molecule has 0 spiro atoms. The fraction of sp³-hybridized carbons (Fsp3) is 0.225. The number of carbonyl (C=O) groups excluding carboxylic acids is 2. The van der Waals surface area contributed by atoms with Gasteiger partial charge in [-0.3, -0.25) is 4.79 Å². The number of ether oxygens (including phenoxy) is 2. The smallest absolute Gasteiger partial charge is 0.335 e. The molecule has 5 aromatic rings. The number of urea groups is 1. The second kappa shape index (κ2) is 16.8. The molecular formula is C40H40BrN5O8S. The van der Waals surface area contributed by atoms with Crippen LogP contribution >= 0.6 is 15.9 Å². The second-order valence-corrected chi connectivity index (χ2v) is 15.7. The molecule has 0 aromatic heterocycles. The molecule has 0 radical (unpaired) electrons. The molecule has 6 rings (SSSR count). The predicted molar refractivity (Wildman–Crippen MR) is 215 cm³/mol. The number of sulfonamides is 1. The number of para-hydroxylation sites is 1. The maximum absolute atomic E-state index is 14.0. The van der Waals surface area contributed by atoms with E-state index in [0.717, 1.165) is 15.5 Å². The molecule has 0 bridgehead atoms. The van der Waals surface area contributed by atoms with Gasteiger partial charge in [0, 0.05) is 47.6 Å². The van der Waals surface area contributed by atoms with Crippen LogP contribution in [0.15, 0.2) is 112 Å². The number of aromatic carboxylic acids is 1. The highest BCUT2D eigenvalue weighted by atomic mass is 79.9. The van der Waals surface area contributed by atoms with E-state index in [1.54, 1.807) is 59.5 Å². The molecule has 286 valence electrons. The Hall–Kier alpha value is -5.64. The van der Waals surface area contributed by atoms with Gasteiger partial charge in [-0.1, -0.05) is 42.5 Å². The van der Waals surface area contributed by atoms with Crippen LogP contribution in [0, 0.1) is 0 Å². The van der Waals surface area contributed by atoms with Crippen LogP contribution in [0.1, 0.15) is 22.3 Å². The van der Waals surface area contributed by atoms with Gasteiger partial charge in [0.25, 0.3) is 0 Å². The van der Waals surface area contributed by atoms with Crippen molar-refractivity contribution in [2.45, 2.75) is 29.8 Å². The van der Waals surface area contributed by atoms with Crippen molar-refractivity contribution in [3.8, 4) is 11.5 Å². The topological polar surface area (TPSA) is 167 Å². The van der Waals surface area contributed by atoms with E-state index in [0.29, 0.717) is 33.8 Å². The highest BCUT2D eigenvalue weighted by Gasteiger charge is 2.38. The number of hydrogen-bond acceptors (Lipinski definition) is 8. The molecule has 1 unspecified atom stereocenters. The summed E-state index contributed by atoms with van der Waals surface area (Å²) in [7, 11) is 1.22. The Morgan fingerprint density at radius 3 is 2.31 bits per heavy atom. The van der Waals surface area contributed by atoms with Crippen LogP contribution in [0.3, 0.4) is 0 Å². The van der Waals surface area contributed by atoms with Crippen LogP contribution in [0.4, 0.5) is 21.9 Å². The molecule has 1 aliphatic heterocycles. The number of fused-ring (bicyclic) bond motifs is 1. The standard InChI is InChI=1S/C40H40BrN5O8S/c1-45(2)35-12-6-9-31-30(35)8-7-13-37(31)55(51,52)44-27-22-28(24-54-29-17-15-26(16-18-29)39(48)49)46(23-27)38(47)21-25-14-19-34(36(20-25)53-3)43-40(50)42-33-11-5-4-10-32(33)41/h4-20,27-28,44H,21-24H2,1-3H3,(H,48,49)(H2,42,43,50)/t27?,28-/m0/s1. The van der Waals surface area contributed by atoms with E-state index in [1.807, 2.05) is 43.3 Å². The predicted octanol–water partition coefficient (Wildman–Crippen LogP) is 6.59. The van der Waals surface area contributed by atoms with Crippen molar-refractivity contribution in [1.82, 2.24) is 9.62 Å². The van der Waals surface area contributed by atoms with Crippen molar-refractivity contribution in [2.24, 2.45) is 0 Å². The number of likely N-dealkylation sites (tertiary alicyclic amines) is 1. The van der Waals surface area contributed by atoms with Crippen LogP contribution < -0.4 is 29.7 Å². The minimum Gasteiger partial charge on any atom is -0.495 e. The Labute approximate surface area is 327 Å². The first-order valence-electron chi connectivity index (χ1n) is 17.3. The first-order chi connectivity index (χ1) is 26.3. The number of benzene rings is 5. The summed E-state index contributed by atoms with van der Waals surface area (Å²) in [6.07, 6.45) is 0.227. The summed E-state index contributed by atoms with van der Waals surface area (Å²) in [5.41, 5.74) is 2.57. The minimum absolute atomic E-state index is 0.0374. The zero-order chi connectivity index (χ0) is 39.3. The number of nitrogens with one attached hydrogen (secondary N) is 3. The average molecular weight is 831 g/mol. The van der Waals surface area contributed by atoms with Crippen LogP contribution in [0.2, 0.25) is 0 Å². The minimum atomic E-state index is -4.03. The van der Waals surface area contributed by atoms with Crippen LogP contribution in [-0.2, 0) is 21.2 Å². The van der Waals surface area contributed by atoms with E-state index >= 15 is 0 Å². The van der Waals surface area contributed by atoms with Gasteiger partial charge in [0.2, 0.25) is 15.9 Å². The largest absolute Gasteiger partial charge is 0.495 e. The molecule has 15 heteroatoms. The second-order valence-electron chi connectivity index (χ2n) is 13.2. The van der Waals surface area contributed by atoms with Crippen molar-refractivity contribution in [3.05, 3.63) is 119 Å². The van der Waals surface area contributed by atoms with Gasteiger partial charge in [0.05, 0.1) is 41.4 Å². The number of methoxy groups -OCH3 is 1. The van der Waals surface area contributed by atoms with Crippen molar-refractivity contribution >= 4 is 71.7 Å². The number of rotatable bonds is 13. The van der Waals surface area contributed by atoms with Crippen molar-refractivity contribution in [1.29, 1.82) is 0 Å². The number of hydrogen-bond donors (Lipinski definition) is 4. The van der Waals surface area contributed by atoms with Crippen LogP contribution in [0.5, 0.6) is 11.5 Å². The molecule has 1 heterocycles. The summed E-state index contributed by atoms with van der Waals surface area (Å²) in [6.45, 7) is 0.124. The Morgan fingerprint density at radius 2 is 1.60 bits per heavy atom. The Bertz CT molecular complexity index is 2340. The Balaban J connectivity index is 1.20. The average Bonchev–Trinajstić information content (AvgIpc) is 3.56. The monoisotopic (exact) mass is 829 g/mol. The third-order valence-electron chi connectivity index (χ3n) is 9.22. The van der Waals surface area contributed by atoms with E-state index < -0.39 is 34.1 Å². The van der Waals surface area contributed by atoms with Gasteiger partial charge in [-0.15, -0.1) is 0 Å². The van der Waals surface area contributed by atoms with Crippen molar-refractivity contribution in [2.75, 3.05) is 49.9 Å². The summed E-state index contributed by atoms with van der Waals surface area (Å²) in [6, 6.07) is 27.2. The molecule has 3 amide bonds. The van der Waals surface area contributed by atoms with Crippen molar-refractivity contribution < 1.29 is 37.4 Å². The fourth-order valence-electron chi connectivity index (χ4n) is 6.59. The normalized spacial score (nSPS) is 15.4. The zero-order valence-electron chi connectivity index (χ0n) is 30.3. The molecule has 1 saturated heterocycles. The maximum atomic E-state index is 14.0. The fourth-order valence-corrected chi connectivity index (χ4v) is 8.43. The third-order valence-corrected chi connectivity index (χ3v) is 11.5. The number of nitrogens with zero attached hydrogens (tertiary/aromatic N) is 2. The van der Waals surface area contributed by atoms with E-state index in [2.05, 4.69) is 31.3 Å². The quantitative estimate of drug-likeness (QED) is 0.102. The number of carboxylic acid groups (broad SMARTS) is 1. The van der Waals surface area contributed by atoms with Gasteiger partial charge in [-0.25, -0.2) is 22.7 Å². The summed E-state index contributed by atoms with van der Waals surface area (Å²) in [4.78, 5) is 41.8. The number of carboxylic acids is 1. The van der Waals surface area contributed by atoms with Gasteiger partial charge < -0.3 is 35.0 Å². The molecule has 1 aliphatic rings. The van der Waals surface area contributed by atoms with Gasteiger partial charge in [0.15, 0.2) is 0 Å². The van der Waals surface area contributed by atoms with E-state index in [1.165, 1.54) is 31.4 Å². The van der Waals surface area contributed by atoms with Gasteiger partial charge in [-0.05, 0) is 88.6 Å². The van der Waals surface area contributed by atoms with E-state index in [9.17, 15) is 27.9 Å². The lowest BCUT2D eigenvalue weighted by atomic mass is 10.1. The Kier molecular flexibility index (Phi) is 11.9. The summed E-state index contributed by atoms with van der Waals surface area (Å²) in [5.74, 6) is -0.587. The molecular weight excluding hydrogens is 790 g/mol. The molecule has 55 heavy (non-hydrogen) atoms. The van der Waals surface area contributed by atoms with Crippen LogP contribution in [-0.4, -0.2) is 82.8 Å². The number of anilines is 3. The Morgan fingerprint density at radius 1 is 0.891 bits per heavy atom. The molecule has 0 aliphatic carbocycles. The first kappa shape index (κ1) is 39.1. The molecule has 4 N–H and O–H groups in total. The molecule has 1 fully saturated rings. The third kappa shape index (κ3) is 9.19. The molecule has 5 aromatic carbocycles. The number of carbonyl (C=O) groups is 3. The van der Waals surface area contributed by atoms with Gasteiger partial charge in [0.1, 0.15) is 18.1 Å². The summed E-state index contributed by atoms with van der Waals surface area (Å²) >= 11 is 3.41. The van der Waals surface area contributed by atoms with Gasteiger partial charge >= 0.3 is 12.0 Å². The van der Waals surface area contributed by atoms with E-state index in [-0.39, 0.29) is 42.4 Å². The molecule has 2 atom stereocenters. The highest BCUT2D eigenvalue weighted by Crippen LogP contribution is 2.32.